The number of hydrogen-bond donors (Lipinski definition) is 1. The van der Waals surface area contributed by atoms with E-state index in [4.69, 9.17) is 34.8 Å². The molecule has 3 amide bonds. The second-order valence-electron chi connectivity index (χ2n) is 4.17. The smallest absolute Gasteiger partial charge is 0.244 e. The lowest BCUT2D eigenvalue weighted by Crippen LogP contribution is -2.36. The summed E-state index contributed by atoms with van der Waals surface area (Å²) in [6, 6.07) is 2.80. The number of carbonyl (C=O) groups excluding carboxylic acids is 3. The molecule has 5 nitrogen and oxygen atoms in total. The second kappa shape index (κ2) is 5.99. The average Bonchev–Trinajstić information content (AvgIpc) is 2.68. The Kier molecular flexibility index (Phi) is 4.52. The minimum absolute atomic E-state index is 0.139. The molecule has 0 atom stereocenters. The van der Waals surface area contributed by atoms with Crippen LogP contribution in [0.4, 0.5) is 5.69 Å². The lowest BCUT2D eigenvalue weighted by atomic mass is 10.3. The van der Waals surface area contributed by atoms with Crippen LogP contribution in [0, 0.1) is 0 Å². The SMILES string of the molecule is O=C(CN1C(=O)CCC1=O)Nc1cc(Cl)c(Cl)cc1Cl. The zero-order valence-corrected chi connectivity index (χ0v) is 12.3. The molecule has 0 aromatic heterocycles. The molecule has 8 heteroatoms. The van der Waals surface area contributed by atoms with E-state index in [1.165, 1.54) is 12.1 Å². The van der Waals surface area contributed by atoms with Crippen LogP contribution in [-0.4, -0.2) is 29.2 Å². The second-order valence-corrected chi connectivity index (χ2v) is 5.39. The lowest BCUT2D eigenvalue weighted by molar-refractivity contribution is -0.141. The van der Waals surface area contributed by atoms with Crippen molar-refractivity contribution in [3.8, 4) is 0 Å². The van der Waals surface area contributed by atoms with Crippen LogP contribution in [0.15, 0.2) is 12.1 Å². The Bertz CT molecular complexity index is 588. The minimum atomic E-state index is -0.533. The molecule has 1 aromatic rings. The summed E-state index contributed by atoms with van der Waals surface area (Å²) in [7, 11) is 0. The van der Waals surface area contributed by atoms with Crippen molar-refractivity contribution < 1.29 is 14.4 Å². The molecule has 20 heavy (non-hydrogen) atoms. The number of benzene rings is 1. The van der Waals surface area contributed by atoms with Crippen molar-refractivity contribution in [2.45, 2.75) is 12.8 Å². The number of halogens is 3. The molecule has 1 aliphatic rings. The normalized spacial score (nSPS) is 14.8. The highest BCUT2D eigenvalue weighted by Gasteiger charge is 2.30. The molecule has 1 aliphatic heterocycles. The molecule has 0 spiro atoms. The van der Waals surface area contributed by atoms with Crippen molar-refractivity contribution in [3.05, 3.63) is 27.2 Å². The zero-order valence-electron chi connectivity index (χ0n) is 10.1. The van der Waals surface area contributed by atoms with E-state index < -0.39 is 5.91 Å². The summed E-state index contributed by atoms with van der Waals surface area (Å²) in [6.45, 7) is -0.339. The van der Waals surface area contributed by atoms with Gasteiger partial charge in [0.2, 0.25) is 17.7 Å². The first-order valence-electron chi connectivity index (χ1n) is 5.66. The number of anilines is 1. The van der Waals surface area contributed by atoms with Crippen molar-refractivity contribution in [1.29, 1.82) is 0 Å². The Morgan fingerprint density at radius 1 is 1.05 bits per heavy atom. The van der Waals surface area contributed by atoms with E-state index in [1.807, 2.05) is 0 Å². The Balaban J connectivity index is 2.07. The van der Waals surface area contributed by atoms with Gasteiger partial charge in [-0.3, -0.25) is 19.3 Å². The number of nitrogens with zero attached hydrogens (tertiary/aromatic N) is 1. The lowest BCUT2D eigenvalue weighted by Gasteiger charge is -2.14. The molecular weight excluding hydrogens is 327 g/mol. The Labute approximate surface area is 129 Å². The van der Waals surface area contributed by atoms with E-state index in [-0.39, 0.29) is 52.0 Å². The predicted molar refractivity (Wildman–Crippen MR) is 76.1 cm³/mol. The van der Waals surface area contributed by atoms with E-state index in [0.717, 1.165) is 4.90 Å². The third kappa shape index (κ3) is 3.23. The first kappa shape index (κ1) is 15.1. The highest BCUT2D eigenvalue weighted by molar-refractivity contribution is 6.44. The molecule has 1 fully saturated rings. The van der Waals surface area contributed by atoms with E-state index in [9.17, 15) is 14.4 Å². The molecule has 0 unspecified atom stereocenters. The van der Waals surface area contributed by atoms with Crippen LogP contribution in [0.2, 0.25) is 15.1 Å². The third-order valence-electron chi connectivity index (χ3n) is 2.74. The van der Waals surface area contributed by atoms with Crippen LogP contribution in [0.1, 0.15) is 12.8 Å². The van der Waals surface area contributed by atoms with Crippen LogP contribution in [-0.2, 0) is 14.4 Å². The predicted octanol–water partition coefficient (Wildman–Crippen LogP) is 2.73. The van der Waals surface area contributed by atoms with E-state index in [2.05, 4.69) is 5.32 Å². The van der Waals surface area contributed by atoms with Crippen LogP contribution in [0.5, 0.6) is 0 Å². The van der Waals surface area contributed by atoms with Gasteiger partial charge in [0.25, 0.3) is 0 Å². The molecule has 2 rings (SSSR count). The summed E-state index contributed by atoms with van der Waals surface area (Å²) in [5, 5.41) is 3.20. The van der Waals surface area contributed by atoms with Crippen LogP contribution >= 0.6 is 34.8 Å². The first-order chi connectivity index (χ1) is 9.38. The van der Waals surface area contributed by atoms with Gasteiger partial charge in [0.1, 0.15) is 6.54 Å². The van der Waals surface area contributed by atoms with Gasteiger partial charge >= 0.3 is 0 Å². The molecular formula is C12H9Cl3N2O3. The first-order valence-corrected chi connectivity index (χ1v) is 6.79. The fourth-order valence-corrected chi connectivity index (χ4v) is 2.35. The summed E-state index contributed by atoms with van der Waals surface area (Å²) < 4.78 is 0. The standard InChI is InChI=1S/C12H9Cl3N2O3/c13-6-3-8(15)9(4-7(6)14)16-10(18)5-17-11(19)1-2-12(17)20/h3-4H,1-2,5H2,(H,16,18). The minimum Gasteiger partial charge on any atom is -0.323 e. The summed E-state index contributed by atoms with van der Waals surface area (Å²) in [6.07, 6.45) is 0.277. The molecule has 0 bridgehead atoms. The molecule has 1 N–H and O–H groups in total. The molecule has 0 radical (unpaired) electrons. The van der Waals surface area contributed by atoms with Gasteiger partial charge in [-0.05, 0) is 12.1 Å². The van der Waals surface area contributed by atoms with Gasteiger partial charge in [0, 0.05) is 12.8 Å². The fourth-order valence-electron chi connectivity index (χ4n) is 1.75. The van der Waals surface area contributed by atoms with Crippen molar-refractivity contribution >= 4 is 58.2 Å². The van der Waals surface area contributed by atoms with Gasteiger partial charge in [-0.15, -0.1) is 0 Å². The highest BCUT2D eigenvalue weighted by atomic mass is 35.5. The summed E-state index contributed by atoms with van der Waals surface area (Å²) in [4.78, 5) is 35.5. The number of nitrogens with one attached hydrogen (secondary N) is 1. The van der Waals surface area contributed by atoms with Gasteiger partial charge in [-0.25, -0.2) is 0 Å². The summed E-state index contributed by atoms with van der Waals surface area (Å²) in [5.74, 6) is -1.25. The van der Waals surface area contributed by atoms with E-state index in [1.54, 1.807) is 0 Å². The summed E-state index contributed by atoms with van der Waals surface area (Å²) in [5.41, 5.74) is 0.269. The van der Waals surface area contributed by atoms with Crippen molar-refractivity contribution in [2.75, 3.05) is 11.9 Å². The number of likely N-dealkylation sites (tertiary alicyclic amines) is 1. The van der Waals surface area contributed by atoms with Crippen LogP contribution in [0.25, 0.3) is 0 Å². The number of carbonyl (C=O) groups is 3. The number of amides is 3. The highest BCUT2D eigenvalue weighted by Crippen LogP contribution is 2.32. The Morgan fingerprint density at radius 3 is 2.20 bits per heavy atom. The van der Waals surface area contributed by atoms with Gasteiger partial charge in [0.15, 0.2) is 0 Å². The molecule has 1 saturated heterocycles. The van der Waals surface area contributed by atoms with Gasteiger partial charge < -0.3 is 5.32 Å². The molecule has 0 aliphatic carbocycles. The van der Waals surface area contributed by atoms with Crippen molar-refractivity contribution in [3.63, 3.8) is 0 Å². The van der Waals surface area contributed by atoms with Crippen molar-refractivity contribution in [1.82, 2.24) is 4.90 Å². The maximum absolute atomic E-state index is 11.8. The molecule has 1 heterocycles. The zero-order chi connectivity index (χ0) is 14.9. The van der Waals surface area contributed by atoms with Gasteiger partial charge in [-0.2, -0.15) is 0 Å². The third-order valence-corrected chi connectivity index (χ3v) is 3.78. The maximum atomic E-state index is 11.8. The quantitative estimate of drug-likeness (QED) is 0.682. The number of rotatable bonds is 3. The number of hydrogen-bond acceptors (Lipinski definition) is 3. The maximum Gasteiger partial charge on any atom is 0.244 e. The van der Waals surface area contributed by atoms with Crippen LogP contribution in [0.3, 0.4) is 0 Å². The fraction of sp³-hybridized carbons (Fsp3) is 0.250. The van der Waals surface area contributed by atoms with Gasteiger partial charge in [0.05, 0.1) is 20.8 Å². The van der Waals surface area contributed by atoms with E-state index >= 15 is 0 Å². The van der Waals surface area contributed by atoms with Crippen LogP contribution < -0.4 is 5.32 Å². The largest absolute Gasteiger partial charge is 0.323 e. The summed E-state index contributed by atoms with van der Waals surface area (Å²) >= 11 is 17.5. The van der Waals surface area contributed by atoms with Gasteiger partial charge in [-0.1, -0.05) is 34.8 Å². The monoisotopic (exact) mass is 334 g/mol. The average molecular weight is 336 g/mol. The molecule has 1 aromatic carbocycles. The van der Waals surface area contributed by atoms with E-state index in [0.29, 0.717) is 0 Å². The molecule has 106 valence electrons. The number of imide groups is 1. The van der Waals surface area contributed by atoms with Crippen molar-refractivity contribution in [2.24, 2.45) is 0 Å². The Morgan fingerprint density at radius 2 is 1.60 bits per heavy atom. The molecule has 0 saturated carbocycles. The Hall–Kier alpha value is -1.30. The topological polar surface area (TPSA) is 66.5 Å².